The van der Waals surface area contributed by atoms with Gasteiger partial charge < -0.3 is 28.8 Å². The van der Waals surface area contributed by atoms with E-state index in [0.717, 1.165) is 122 Å². The summed E-state index contributed by atoms with van der Waals surface area (Å²) in [5.74, 6) is 3.26. The molecule has 1 N–H and O–H groups in total. The summed E-state index contributed by atoms with van der Waals surface area (Å²) in [6, 6.07) is 59.2. The molecule has 18 heteroatoms. The molecule has 0 bridgehead atoms. The molecular formula is C70H67ClN2O13S2. The molecule has 2 fully saturated rings. The van der Waals surface area contributed by atoms with E-state index in [-0.39, 0.29) is 34.0 Å². The second-order valence-corrected chi connectivity index (χ2v) is 23.2. The first kappa shape index (κ1) is 64.9. The van der Waals surface area contributed by atoms with Crippen molar-refractivity contribution in [3.8, 4) is 39.9 Å². The summed E-state index contributed by atoms with van der Waals surface area (Å²) in [6.45, 7) is 3.12. The average Bonchev–Trinajstić information content (AvgIpc) is 2.52. The number of carbonyl (C=O) groups excluding carboxylic acids is 4. The number of nitrogens with zero attached hydrogens (tertiary/aromatic N) is 2. The van der Waals surface area contributed by atoms with Crippen molar-refractivity contribution in [1.82, 2.24) is 7.91 Å². The third-order valence-corrected chi connectivity index (χ3v) is 17.4. The Hall–Kier alpha value is -9.08. The van der Waals surface area contributed by atoms with Gasteiger partial charge in [0.25, 0.3) is 11.1 Å². The lowest BCUT2D eigenvalue weighted by atomic mass is 10.0. The summed E-state index contributed by atoms with van der Waals surface area (Å²) in [5, 5.41) is 13.4. The lowest BCUT2D eigenvalue weighted by Crippen LogP contribution is -2.16. The van der Waals surface area contributed by atoms with Gasteiger partial charge in [0.2, 0.25) is 0 Å². The van der Waals surface area contributed by atoms with Crippen LogP contribution in [0.3, 0.4) is 0 Å². The minimum absolute atomic E-state index is 0.0944. The molecule has 0 atom stereocenters. The topological polar surface area (TPSA) is 196 Å². The van der Waals surface area contributed by atoms with E-state index in [1.54, 1.807) is 35.2 Å². The molecule has 2 saturated carbocycles. The van der Waals surface area contributed by atoms with Crippen LogP contribution in [0.2, 0.25) is 5.02 Å². The fraction of sp³-hybridized carbons (Fsp3) is 0.271. The van der Waals surface area contributed by atoms with Crippen molar-refractivity contribution in [2.24, 2.45) is 0 Å². The molecule has 0 aliphatic heterocycles. The molecule has 2 heterocycles. The van der Waals surface area contributed by atoms with Crippen molar-refractivity contribution in [2.45, 2.75) is 95.7 Å². The highest BCUT2D eigenvalue weighted by Gasteiger charge is 2.23. The lowest BCUT2D eigenvalue weighted by Gasteiger charge is -2.10. The normalized spacial score (nSPS) is 12.6. The van der Waals surface area contributed by atoms with Crippen molar-refractivity contribution >= 4 is 83.9 Å². The molecule has 12 rings (SSSR count). The minimum Gasteiger partial charge on any atom is -0.494 e. The Bertz CT molecular complexity index is 3860. The van der Waals surface area contributed by atoms with Crippen molar-refractivity contribution in [3.63, 3.8) is 0 Å². The fourth-order valence-electron chi connectivity index (χ4n) is 10.3. The van der Waals surface area contributed by atoms with Crippen LogP contribution >= 0.6 is 34.7 Å². The molecule has 2 aliphatic carbocycles. The van der Waals surface area contributed by atoms with Crippen LogP contribution in [-0.4, -0.2) is 57.7 Å². The van der Waals surface area contributed by atoms with Gasteiger partial charge in [0.05, 0.1) is 57.2 Å². The maximum Gasteiger partial charge on any atom is 0.373 e. The number of fused-ring (bicyclic) bond motifs is 3. The van der Waals surface area contributed by atoms with E-state index in [1.165, 1.54) is 31.1 Å². The Morgan fingerprint density at radius 1 is 0.466 bits per heavy atom. The van der Waals surface area contributed by atoms with E-state index >= 15 is 0 Å². The number of carboxylic acids is 1. The highest BCUT2D eigenvalue weighted by atomic mass is 35.5. The van der Waals surface area contributed by atoms with Crippen LogP contribution in [0.4, 0.5) is 0 Å². The van der Waals surface area contributed by atoms with Crippen LogP contribution in [0.5, 0.6) is 28.7 Å². The second kappa shape index (κ2) is 34.3. The summed E-state index contributed by atoms with van der Waals surface area (Å²) >= 11 is 9.14. The number of para-hydroxylation sites is 2. The minimum atomic E-state index is -1.04. The third-order valence-electron chi connectivity index (χ3n) is 14.7. The highest BCUT2D eigenvalue weighted by Crippen LogP contribution is 2.35. The van der Waals surface area contributed by atoms with Gasteiger partial charge in [-0.2, -0.15) is 19.2 Å². The van der Waals surface area contributed by atoms with Gasteiger partial charge in [-0.3, -0.25) is 17.5 Å². The van der Waals surface area contributed by atoms with Crippen molar-refractivity contribution < 1.29 is 52.8 Å². The molecule has 10 aromatic rings. The molecule has 15 nitrogen and oxygen atoms in total. The third kappa shape index (κ3) is 19.0. The van der Waals surface area contributed by atoms with E-state index in [2.05, 4.69) is 12.1 Å². The number of rotatable bonds is 21. The zero-order chi connectivity index (χ0) is 61.9. The lowest BCUT2D eigenvalue weighted by molar-refractivity contribution is -0.193. The molecular weight excluding hydrogens is 1180 g/mol. The number of benzene rings is 8. The Morgan fingerprint density at radius 2 is 0.898 bits per heavy atom. The van der Waals surface area contributed by atoms with Crippen molar-refractivity contribution in [2.75, 3.05) is 26.4 Å². The first-order chi connectivity index (χ1) is 43.0. The van der Waals surface area contributed by atoms with Crippen LogP contribution in [0.25, 0.3) is 42.1 Å². The fourth-order valence-corrected chi connectivity index (χ4v) is 12.9. The second-order valence-electron chi connectivity index (χ2n) is 20.7. The molecule has 88 heavy (non-hydrogen) atoms. The smallest absolute Gasteiger partial charge is 0.373 e. The van der Waals surface area contributed by atoms with Gasteiger partial charge >= 0.3 is 18.3 Å². The Kier molecular flexibility index (Phi) is 25.3. The average molecular weight is 1240 g/mol. The van der Waals surface area contributed by atoms with Gasteiger partial charge in [-0.25, -0.2) is 4.79 Å². The predicted octanol–water partition coefficient (Wildman–Crippen LogP) is 16.1. The number of carboxylic acid groups (broad SMARTS) is 1. The predicted molar refractivity (Wildman–Crippen MR) is 343 cm³/mol. The van der Waals surface area contributed by atoms with Crippen LogP contribution < -0.4 is 34.8 Å². The van der Waals surface area contributed by atoms with Crippen molar-refractivity contribution in [1.29, 1.82) is 0 Å². The first-order valence-electron chi connectivity index (χ1n) is 29.2. The first-order valence-corrected chi connectivity index (χ1v) is 31.1. The molecule has 0 spiro atoms. The number of hydrogen-bond acceptors (Lipinski definition) is 14. The molecule has 0 radical (unpaired) electrons. The van der Waals surface area contributed by atoms with E-state index in [4.69, 9.17) is 54.5 Å². The Labute approximate surface area is 522 Å². The molecule has 0 amide bonds. The monoisotopic (exact) mass is 1240 g/mol. The van der Waals surface area contributed by atoms with Crippen LogP contribution in [0.1, 0.15) is 105 Å². The van der Waals surface area contributed by atoms with Gasteiger partial charge in [-0.1, -0.05) is 151 Å². The molecule has 454 valence electrons. The zero-order valence-corrected chi connectivity index (χ0v) is 50.8. The van der Waals surface area contributed by atoms with Gasteiger partial charge in [0.1, 0.15) is 35.4 Å². The number of aromatic carboxylic acids is 1. The summed E-state index contributed by atoms with van der Waals surface area (Å²) in [4.78, 5) is 69.0. The number of hydrogen-bond donors (Lipinski definition) is 1. The summed E-state index contributed by atoms with van der Waals surface area (Å²) in [6.07, 6.45) is 13.7. The number of aromatic nitrogens is 2. The highest BCUT2D eigenvalue weighted by molar-refractivity contribution is 7.14. The summed E-state index contributed by atoms with van der Waals surface area (Å²) in [5.41, 5.74) is 3.13. The van der Waals surface area contributed by atoms with Crippen LogP contribution in [0, 0.1) is 0 Å². The van der Waals surface area contributed by atoms with Gasteiger partial charge in [0, 0.05) is 12.1 Å². The standard InChI is InChI=1S/C24H17ClO3.2C22H25NO3S.2CO2/c25-23-11-9-20(14-22(23)24(26)27)18-7-3-4-16(12-18)15-28-21-10-8-17-5-1-2-6-19(17)13-21;2*24-22-20-13-12-19(16-21(20)27-23(22)17-8-4-5-9-17)26-15-7-6-14-25-18-10-2-1-3-11-18;2*2-1-3/h1-14H,15H2,(H,26,27);2*1-3,10-13,16-17H,4-9,14-15H2;;. The Balaban J connectivity index is 0.000000163. The van der Waals surface area contributed by atoms with Gasteiger partial charge in [0.15, 0.2) is 0 Å². The van der Waals surface area contributed by atoms with E-state index in [1.807, 2.05) is 166 Å². The maximum absolute atomic E-state index is 12.6. The van der Waals surface area contributed by atoms with Gasteiger partial charge in [-0.05, 0) is 170 Å². The summed E-state index contributed by atoms with van der Waals surface area (Å²) in [7, 11) is 0. The quantitative estimate of drug-likeness (QED) is 0.0668. The van der Waals surface area contributed by atoms with Gasteiger partial charge in [-0.15, -0.1) is 0 Å². The van der Waals surface area contributed by atoms with E-state index in [0.29, 0.717) is 45.1 Å². The number of unbranched alkanes of at least 4 members (excludes halogenated alkanes) is 2. The molecule has 8 aromatic carbocycles. The largest absolute Gasteiger partial charge is 0.494 e. The number of carbonyl (C=O) groups is 1. The molecule has 0 saturated heterocycles. The van der Waals surface area contributed by atoms with E-state index in [9.17, 15) is 19.5 Å². The summed E-state index contributed by atoms with van der Waals surface area (Å²) < 4.78 is 35.1. The maximum atomic E-state index is 12.6. The molecule has 0 unspecified atom stereocenters. The zero-order valence-electron chi connectivity index (χ0n) is 48.4. The van der Waals surface area contributed by atoms with Crippen molar-refractivity contribution in [3.05, 3.63) is 219 Å². The SMILES string of the molecule is O=C(O)c1cc(-c2cccc(COc3ccc4ccccc4c3)c2)ccc1Cl.O=C=O.O=C=O.O=c1c2ccc(OCCCCOc3ccccc3)cc2sn1C1CCCC1.O=c1c2ccc(OCCCCOc3ccccc3)cc2sn1C1CCCC1. The number of ether oxygens (including phenoxy) is 5. The van der Waals surface area contributed by atoms with Crippen LogP contribution in [-0.2, 0) is 25.8 Å². The van der Waals surface area contributed by atoms with E-state index < -0.39 is 5.97 Å². The molecule has 2 aliphatic rings. The Morgan fingerprint density at radius 3 is 1.39 bits per heavy atom. The van der Waals surface area contributed by atoms with Crippen LogP contribution in [0.15, 0.2) is 192 Å². The molecule has 2 aromatic heterocycles. The number of halogens is 1.